The van der Waals surface area contributed by atoms with Crippen molar-refractivity contribution in [2.75, 3.05) is 20.3 Å². The summed E-state index contributed by atoms with van der Waals surface area (Å²) < 4.78 is 4.94. The Balaban J connectivity index is 2.22. The molecule has 0 saturated heterocycles. The van der Waals surface area contributed by atoms with Gasteiger partial charge in [-0.05, 0) is 12.8 Å². The van der Waals surface area contributed by atoms with Crippen molar-refractivity contribution in [2.45, 2.75) is 26.3 Å². The molecule has 0 saturated carbocycles. The number of aromatic nitrogens is 1. The van der Waals surface area contributed by atoms with Crippen LogP contribution in [0.4, 0.5) is 0 Å². The molecule has 0 spiro atoms. The van der Waals surface area contributed by atoms with Gasteiger partial charge in [-0.25, -0.2) is 4.98 Å². The lowest BCUT2D eigenvalue weighted by molar-refractivity contribution is 0.199. The number of methoxy groups -OCH3 is 1. The van der Waals surface area contributed by atoms with Crippen LogP contribution >= 0.6 is 11.3 Å². The van der Waals surface area contributed by atoms with Gasteiger partial charge in [0, 0.05) is 25.6 Å². The average Bonchev–Trinajstić information content (AvgIpc) is 2.61. The molecular weight excluding hydrogens is 196 g/mol. The van der Waals surface area contributed by atoms with Gasteiger partial charge in [0.1, 0.15) is 0 Å². The van der Waals surface area contributed by atoms with Crippen LogP contribution in [0.3, 0.4) is 0 Å². The molecule has 0 amide bonds. The van der Waals surface area contributed by atoms with Gasteiger partial charge in [0.2, 0.25) is 0 Å². The number of hydrogen-bond acceptors (Lipinski definition) is 4. The summed E-state index contributed by atoms with van der Waals surface area (Å²) >= 11 is 1.76. The first kappa shape index (κ1) is 11.6. The van der Waals surface area contributed by atoms with E-state index in [1.807, 2.05) is 0 Å². The normalized spacial score (nSPS) is 10.7. The lowest BCUT2D eigenvalue weighted by Gasteiger charge is -2.00. The fourth-order valence-corrected chi connectivity index (χ4v) is 2.05. The summed E-state index contributed by atoms with van der Waals surface area (Å²) in [6, 6.07) is 0. The van der Waals surface area contributed by atoms with E-state index in [-0.39, 0.29) is 0 Å². The quantitative estimate of drug-likeness (QED) is 0.703. The second-order valence-electron chi connectivity index (χ2n) is 3.15. The van der Waals surface area contributed by atoms with E-state index in [1.54, 1.807) is 18.4 Å². The van der Waals surface area contributed by atoms with Gasteiger partial charge in [-0.1, -0.05) is 6.92 Å². The number of nitrogens with one attached hydrogen (secondary N) is 1. The van der Waals surface area contributed by atoms with Crippen LogP contribution in [0, 0.1) is 0 Å². The minimum atomic E-state index is 0.756. The number of hydrogen-bond donors (Lipinski definition) is 1. The predicted molar refractivity (Wildman–Crippen MR) is 59.7 cm³/mol. The van der Waals surface area contributed by atoms with Crippen molar-refractivity contribution in [3.8, 4) is 0 Å². The van der Waals surface area contributed by atoms with Crippen molar-refractivity contribution >= 4 is 11.3 Å². The molecule has 1 rings (SSSR count). The van der Waals surface area contributed by atoms with Crippen molar-refractivity contribution in [1.82, 2.24) is 10.3 Å². The van der Waals surface area contributed by atoms with Gasteiger partial charge in [0.15, 0.2) is 0 Å². The molecule has 14 heavy (non-hydrogen) atoms. The minimum absolute atomic E-state index is 0.756. The lowest BCUT2D eigenvalue weighted by atomic mass is 10.3. The van der Waals surface area contributed by atoms with Crippen LogP contribution in [0.2, 0.25) is 0 Å². The molecule has 0 aliphatic carbocycles. The number of ether oxygens (including phenoxy) is 1. The van der Waals surface area contributed by atoms with E-state index in [9.17, 15) is 0 Å². The molecule has 0 aliphatic rings. The first-order valence-electron chi connectivity index (χ1n) is 4.99. The van der Waals surface area contributed by atoms with E-state index < -0.39 is 0 Å². The van der Waals surface area contributed by atoms with Crippen LogP contribution in [0.5, 0.6) is 0 Å². The maximum Gasteiger partial charge on any atom is 0.0928 e. The zero-order valence-electron chi connectivity index (χ0n) is 8.88. The van der Waals surface area contributed by atoms with E-state index in [1.165, 1.54) is 11.4 Å². The fraction of sp³-hybridized carbons (Fsp3) is 0.700. The molecule has 1 heterocycles. The second-order valence-corrected chi connectivity index (χ2v) is 4.09. The Labute approximate surface area is 89.5 Å². The molecule has 0 fully saturated rings. The molecule has 0 aliphatic heterocycles. The van der Waals surface area contributed by atoms with Crippen LogP contribution in [0.1, 0.15) is 24.0 Å². The summed E-state index contributed by atoms with van der Waals surface area (Å²) in [6.07, 6.45) is 2.27. The van der Waals surface area contributed by atoms with Gasteiger partial charge in [0.05, 0.1) is 17.3 Å². The second kappa shape index (κ2) is 6.92. The lowest BCUT2D eigenvalue weighted by Crippen LogP contribution is -2.18. The smallest absolute Gasteiger partial charge is 0.0928 e. The Kier molecular flexibility index (Phi) is 5.75. The molecule has 0 atom stereocenters. The molecule has 80 valence electrons. The van der Waals surface area contributed by atoms with E-state index in [0.29, 0.717) is 0 Å². The maximum absolute atomic E-state index is 4.94. The maximum atomic E-state index is 4.94. The molecular formula is C10H18N2OS. The SMILES string of the molecule is CCCc1nc(CNCCOC)cs1. The van der Waals surface area contributed by atoms with Crippen LogP contribution in [-0.4, -0.2) is 25.2 Å². The highest BCUT2D eigenvalue weighted by Gasteiger charge is 1.99. The van der Waals surface area contributed by atoms with Crippen LogP contribution in [-0.2, 0) is 17.7 Å². The highest BCUT2D eigenvalue weighted by molar-refractivity contribution is 7.09. The van der Waals surface area contributed by atoms with Crippen LogP contribution in [0.15, 0.2) is 5.38 Å². The molecule has 0 radical (unpaired) electrons. The van der Waals surface area contributed by atoms with Gasteiger partial charge < -0.3 is 10.1 Å². The van der Waals surface area contributed by atoms with E-state index in [0.717, 1.165) is 31.8 Å². The van der Waals surface area contributed by atoms with E-state index >= 15 is 0 Å². The molecule has 0 bridgehead atoms. The third-order valence-electron chi connectivity index (χ3n) is 1.85. The zero-order valence-corrected chi connectivity index (χ0v) is 9.69. The van der Waals surface area contributed by atoms with Gasteiger partial charge in [-0.15, -0.1) is 11.3 Å². The van der Waals surface area contributed by atoms with E-state index in [2.05, 4.69) is 22.6 Å². The summed E-state index contributed by atoms with van der Waals surface area (Å²) in [5, 5.41) is 6.65. The first-order valence-corrected chi connectivity index (χ1v) is 5.87. The van der Waals surface area contributed by atoms with E-state index in [4.69, 9.17) is 4.74 Å². The summed E-state index contributed by atoms with van der Waals surface area (Å²) in [6.45, 7) is 4.67. The van der Waals surface area contributed by atoms with Gasteiger partial charge in [-0.3, -0.25) is 0 Å². The fourth-order valence-electron chi connectivity index (χ4n) is 1.15. The zero-order chi connectivity index (χ0) is 10.2. The topological polar surface area (TPSA) is 34.2 Å². The van der Waals surface area contributed by atoms with Gasteiger partial charge >= 0.3 is 0 Å². The Morgan fingerprint density at radius 2 is 2.43 bits per heavy atom. The summed E-state index contributed by atoms with van der Waals surface area (Å²) in [5.41, 5.74) is 1.15. The van der Waals surface area contributed by atoms with Crippen LogP contribution in [0.25, 0.3) is 0 Å². The Morgan fingerprint density at radius 3 is 3.14 bits per heavy atom. The van der Waals surface area contributed by atoms with Crippen molar-refractivity contribution in [1.29, 1.82) is 0 Å². The van der Waals surface area contributed by atoms with Crippen molar-refractivity contribution in [3.63, 3.8) is 0 Å². The van der Waals surface area contributed by atoms with Crippen molar-refractivity contribution < 1.29 is 4.74 Å². The largest absolute Gasteiger partial charge is 0.383 e. The molecule has 1 aromatic heterocycles. The number of thiazole rings is 1. The van der Waals surface area contributed by atoms with Crippen LogP contribution < -0.4 is 5.32 Å². The highest BCUT2D eigenvalue weighted by Crippen LogP contribution is 2.11. The molecule has 3 nitrogen and oxygen atoms in total. The third kappa shape index (κ3) is 4.17. The Morgan fingerprint density at radius 1 is 1.57 bits per heavy atom. The molecule has 4 heteroatoms. The van der Waals surface area contributed by atoms with Gasteiger partial charge in [-0.2, -0.15) is 0 Å². The predicted octanol–water partition coefficient (Wildman–Crippen LogP) is 1.83. The summed E-state index contributed by atoms with van der Waals surface area (Å²) in [4.78, 5) is 4.51. The first-order chi connectivity index (χ1) is 6.86. The summed E-state index contributed by atoms with van der Waals surface area (Å²) in [7, 11) is 1.71. The molecule has 0 aromatic carbocycles. The number of rotatable bonds is 7. The molecule has 1 N–H and O–H groups in total. The standard InChI is InChI=1S/C10H18N2OS/c1-3-4-10-12-9(8-14-10)7-11-5-6-13-2/h8,11H,3-7H2,1-2H3. The third-order valence-corrected chi connectivity index (χ3v) is 2.81. The number of aryl methyl sites for hydroxylation is 1. The molecule has 0 unspecified atom stereocenters. The van der Waals surface area contributed by atoms with Crippen molar-refractivity contribution in [2.24, 2.45) is 0 Å². The highest BCUT2D eigenvalue weighted by atomic mass is 32.1. The minimum Gasteiger partial charge on any atom is -0.383 e. The number of nitrogens with zero attached hydrogens (tertiary/aromatic N) is 1. The monoisotopic (exact) mass is 214 g/mol. The average molecular weight is 214 g/mol. The molecule has 1 aromatic rings. The Bertz CT molecular complexity index is 250. The summed E-state index contributed by atoms with van der Waals surface area (Å²) in [5.74, 6) is 0. The van der Waals surface area contributed by atoms with Gasteiger partial charge in [0.25, 0.3) is 0 Å². The van der Waals surface area contributed by atoms with Crippen molar-refractivity contribution in [3.05, 3.63) is 16.1 Å². The Hall–Kier alpha value is -0.450.